The first-order valence-electron chi connectivity index (χ1n) is 6.28. The van der Waals surface area contributed by atoms with E-state index in [9.17, 15) is 10.1 Å². The zero-order valence-corrected chi connectivity index (χ0v) is 12.1. The highest BCUT2D eigenvalue weighted by atomic mass is 16.6. The van der Waals surface area contributed by atoms with E-state index in [0.717, 1.165) is 0 Å². The van der Waals surface area contributed by atoms with Crippen LogP contribution in [0.15, 0.2) is 17.2 Å². The molecule has 0 saturated carbocycles. The Hall–Kier alpha value is -2.31. The molecule has 0 bridgehead atoms. The van der Waals surface area contributed by atoms with Gasteiger partial charge < -0.3 is 14.5 Å². The normalized spacial score (nSPS) is 10.6. The smallest absolute Gasteiger partial charge is 0.311 e. The van der Waals surface area contributed by atoms with Crippen molar-refractivity contribution in [3.63, 3.8) is 0 Å². The Balaban J connectivity index is 3.32. The molecule has 0 radical (unpaired) electrons. The molecule has 0 N–H and O–H groups in total. The molecule has 7 heteroatoms. The molecule has 0 atom stereocenters. The van der Waals surface area contributed by atoms with E-state index in [2.05, 4.69) is 5.10 Å². The van der Waals surface area contributed by atoms with Crippen LogP contribution >= 0.6 is 0 Å². The maximum Gasteiger partial charge on any atom is 0.311 e. The Morgan fingerprint density at radius 1 is 1.25 bits per heavy atom. The molecule has 0 aliphatic rings. The fourth-order valence-corrected chi connectivity index (χ4v) is 1.54. The van der Waals surface area contributed by atoms with Crippen molar-refractivity contribution in [3.8, 4) is 11.5 Å². The zero-order chi connectivity index (χ0) is 15.1. The van der Waals surface area contributed by atoms with Crippen LogP contribution in [0.4, 0.5) is 5.69 Å². The van der Waals surface area contributed by atoms with Crippen LogP contribution in [0.3, 0.4) is 0 Å². The number of rotatable bonds is 7. The molecule has 1 aromatic rings. The van der Waals surface area contributed by atoms with Crippen LogP contribution in [0.1, 0.15) is 19.4 Å². The van der Waals surface area contributed by atoms with Crippen LogP contribution in [-0.4, -0.2) is 43.5 Å². The number of nitro groups is 1. The molecule has 0 fully saturated rings. The van der Waals surface area contributed by atoms with Crippen LogP contribution in [0.5, 0.6) is 11.5 Å². The van der Waals surface area contributed by atoms with E-state index in [1.54, 1.807) is 26.0 Å². The van der Waals surface area contributed by atoms with Crippen LogP contribution in [0.25, 0.3) is 0 Å². The molecule has 110 valence electrons. The fourth-order valence-electron chi connectivity index (χ4n) is 1.54. The van der Waals surface area contributed by atoms with Crippen LogP contribution in [0, 0.1) is 10.1 Å². The molecule has 1 aromatic carbocycles. The van der Waals surface area contributed by atoms with Crippen molar-refractivity contribution in [1.82, 2.24) is 5.01 Å². The summed E-state index contributed by atoms with van der Waals surface area (Å²) in [6.07, 6.45) is 1.52. The van der Waals surface area contributed by atoms with Crippen molar-refractivity contribution in [2.75, 3.05) is 27.3 Å². The predicted octanol–water partition coefficient (Wildman–Crippen LogP) is 2.29. The summed E-state index contributed by atoms with van der Waals surface area (Å²) in [4.78, 5) is 10.6. The van der Waals surface area contributed by atoms with Gasteiger partial charge in [-0.1, -0.05) is 0 Å². The first kappa shape index (κ1) is 15.7. The third-order valence-corrected chi connectivity index (χ3v) is 2.32. The highest BCUT2D eigenvalue weighted by Gasteiger charge is 2.19. The lowest BCUT2D eigenvalue weighted by molar-refractivity contribution is -0.385. The average Bonchev–Trinajstić information content (AvgIpc) is 2.37. The summed E-state index contributed by atoms with van der Waals surface area (Å²) in [5.74, 6) is 0.704. The van der Waals surface area contributed by atoms with Crippen LogP contribution in [-0.2, 0) is 0 Å². The minimum atomic E-state index is -0.478. The molecule has 0 heterocycles. The molecule has 0 amide bonds. The molecule has 0 spiro atoms. The van der Waals surface area contributed by atoms with Crippen molar-refractivity contribution in [2.24, 2.45) is 5.10 Å². The zero-order valence-electron chi connectivity index (χ0n) is 12.1. The topological polar surface area (TPSA) is 77.2 Å². The summed E-state index contributed by atoms with van der Waals surface area (Å²) in [5.41, 5.74) is 0.436. The van der Waals surface area contributed by atoms with Gasteiger partial charge in [0.1, 0.15) is 5.75 Å². The van der Waals surface area contributed by atoms with E-state index in [-0.39, 0.29) is 11.4 Å². The molecular weight excluding hydrogens is 262 g/mol. The summed E-state index contributed by atoms with van der Waals surface area (Å²) in [7, 11) is 3.53. The van der Waals surface area contributed by atoms with Gasteiger partial charge in [-0.2, -0.15) is 5.10 Å². The van der Waals surface area contributed by atoms with Gasteiger partial charge in [-0.05, 0) is 13.8 Å². The largest absolute Gasteiger partial charge is 0.493 e. The second kappa shape index (κ2) is 7.32. The first-order chi connectivity index (χ1) is 9.49. The standard InChI is InChI=1S/C13H19N3O4/c1-5-19-12-8-13(20-6-2)11(16(17)18)7-10(12)9-14-15(3)4/h7-9H,5-6H2,1-4H3/b14-9+. The summed E-state index contributed by atoms with van der Waals surface area (Å²) < 4.78 is 10.8. The SMILES string of the molecule is CCOc1cc(OCC)c([N+](=O)[O-])cc1/C=N/N(C)C. The Morgan fingerprint density at radius 2 is 1.85 bits per heavy atom. The van der Waals surface area contributed by atoms with Gasteiger partial charge in [0.15, 0.2) is 0 Å². The first-order valence-corrected chi connectivity index (χ1v) is 6.28. The second-order valence-corrected chi connectivity index (χ2v) is 4.07. The Bertz CT molecular complexity index is 501. The van der Waals surface area contributed by atoms with E-state index < -0.39 is 4.92 Å². The molecule has 0 aliphatic heterocycles. The summed E-state index contributed by atoms with van der Waals surface area (Å²) in [6.45, 7) is 4.41. The van der Waals surface area contributed by atoms with Crippen LogP contribution in [0.2, 0.25) is 0 Å². The maximum atomic E-state index is 11.1. The third kappa shape index (κ3) is 4.11. The number of hydrazone groups is 1. The highest BCUT2D eigenvalue weighted by molar-refractivity contribution is 5.85. The monoisotopic (exact) mass is 281 g/mol. The number of benzene rings is 1. The molecule has 7 nitrogen and oxygen atoms in total. The van der Waals surface area contributed by atoms with Crippen LogP contribution < -0.4 is 9.47 Å². The molecular formula is C13H19N3O4. The fraction of sp³-hybridized carbons (Fsp3) is 0.462. The quantitative estimate of drug-likeness (QED) is 0.435. The van der Waals surface area contributed by atoms with Gasteiger partial charge in [0.05, 0.1) is 24.4 Å². The average molecular weight is 281 g/mol. The van der Waals surface area contributed by atoms with E-state index >= 15 is 0 Å². The lowest BCUT2D eigenvalue weighted by atomic mass is 10.1. The summed E-state index contributed by atoms with van der Waals surface area (Å²) >= 11 is 0. The summed E-state index contributed by atoms with van der Waals surface area (Å²) in [5, 5.41) is 16.8. The molecule has 20 heavy (non-hydrogen) atoms. The molecule has 1 rings (SSSR count). The van der Waals surface area contributed by atoms with Gasteiger partial charge in [0.25, 0.3) is 0 Å². The van der Waals surface area contributed by atoms with E-state index in [4.69, 9.17) is 9.47 Å². The number of nitrogens with zero attached hydrogens (tertiary/aromatic N) is 3. The van der Waals surface area contributed by atoms with Crippen molar-refractivity contribution in [2.45, 2.75) is 13.8 Å². The van der Waals surface area contributed by atoms with E-state index in [1.807, 2.05) is 6.92 Å². The van der Waals surface area contributed by atoms with Crippen molar-refractivity contribution in [3.05, 3.63) is 27.8 Å². The van der Waals surface area contributed by atoms with E-state index in [0.29, 0.717) is 24.5 Å². The molecule has 0 aromatic heterocycles. The minimum Gasteiger partial charge on any atom is -0.493 e. The highest BCUT2D eigenvalue weighted by Crippen LogP contribution is 2.34. The predicted molar refractivity (Wildman–Crippen MR) is 76.7 cm³/mol. The minimum absolute atomic E-state index is 0.101. The van der Waals surface area contributed by atoms with Crippen molar-refractivity contribution in [1.29, 1.82) is 0 Å². The third-order valence-electron chi connectivity index (χ3n) is 2.32. The molecule has 0 unspecified atom stereocenters. The number of hydrogen-bond acceptors (Lipinski definition) is 6. The van der Waals surface area contributed by atoms with Gasteiger partial charge in [0, 0.05) is 31.8 Å². The van der Waals surface area contributed by atoms with Gasteiger partial charge >= 0.3 is 5.69 Å². The molecule has 0 aliphatic carbocycles. The number of hydrogen-bond donors (Lipinski definition) is 0. The Morgan fingerprint density at radius 3 is 2.35 bits per heavy atom. The van der Waals surface area contributed by atoms with Gasteiger partial charge in [-0.25, -0.2) is 0 Å². The van der Waals surface area contributed by atoms with Gasteiger partial charge in [-0.15, -0.1) is 0 Å². The van der Waals surface area contributed by atoms with Gasteiger partial charge in [-0.3, -0.25) is 10.1 Å². The van der Waals surface area contributed by atoms with Crippen molar-refractivity contribution >= 4 is 11.9 Å². The summed E-state index contributed by atoms with van der Waals surface area (Å²) in [6, 6.07) is 2.94. The lowest BCUT2D eigenvalue weighted by Gasteiger charge is -2.11. The number of ether oxygens (including phenoxy) is 2. The Labute approximate surface area is 117 Å². The number of nitro benzene ring substituents is 1. The van der Waals surface area contributed by atoms with E-state index in [1.165, 1.54) is 18.3 Å². The Kier molecular flexibility index (Phi) is 5.76. The van der Waals surface area contributed by atoms with Crippen molar-refractivity contribution < 1.29 is 14.4 Å². The second-order valence-electron chi connectivity index (χ2n) is 4.07. The maximum absolute atomic E-state index is 11.1. The molecule has 0 saturated heterocycles. The van der Waals surface area contributed by atoms with Gasteiger partial charge in [0.2, 0.25) is 5.75 Å². The lowest BCUT2D eigenvalue weighted by Crippen LogP contribution is -2.05.